The topological polar surface area (TPSA) is 58.5 Å². The fourth-order valence-corrected chi connectivity index (χ4v) is 0.573. The zero-order valence-electron chi connectivity index (χ0n) is 6.88. The van der Waals surface area contributed by atoms with Gasteiger partial charge in [-0.15, -0.1) is 0 Å². The van der Waals surface area contributed by atoms with Crippen LogP contribution in [0.25, 0.3) is 0 Å². The molecule has 10 heavy (non-hydrogen) atoms. The van der Waals surface area contributed by atoms with Gasteiger partial charge in [-0.25, -0.2) is 10.0 Å². The summed E-state index contributed by atoms with van der Waals surface area (Å²) in [7, 11) is 0. The Hall–Kier alpha value is -0.160. The van der Waals surface area contributed by atoms with E-state index in [0.717, 1.165) is 26.2 Å². The first-order valence-corrected chi connectivity index (χ1v) is 3.70. The summed E-state index contributed by atoms with van der Waals surface area (Å²) in [5.74, 6) is 11.1. The van der Waals surface area contributed by atoms with E-state index in [2.05, 4.69) is 0 Å². The molecule has 0 aliphatic heterocycles. The number of likely N-dealkylation sites (N-methyl/N-ethyl adjacent to an activating group) is 2. The molecule has 0 heterocycles. The number of hydrogen-bond donors (Lipinski definition) is 2. The van der Waals surface area contributed by atoms with E-state index in [1.165, 1.54) is 0 Å². The van der Waals surface area contributed by atoms with Crippen molar-refractivity contribution in [1.29, 1.82) is 0 Å². The lowest BCUT2D eigenvalue weighted by Gasteiger charge is -2.18. The molecule has 0 aromatic heterocycles. The second-order valence-corrected chi connectivity index (χ2v) is 2.26. The van der Waals surface area contributed by atoms with Crippen LogP contribution in [0.1, 0.15) is 13.8 Å². The van der Waals surface area contributed by atoms with Gasteiger partial charge in [0.15, 0.2) is 0 Å². The van der Waals surface area contributed by atoms with Crippen molar-refractivity contribution in [3.8, 4) is 0 Å². The minimum atomic E-state index is 0.834. The molecule has 0 bridgehead atoms. The van der Waals surface area contributed by atoms with Gasteiger partial charge in [0.1, 0.15) is 0 Å². The first-order chi connectivity index (χ1) is 4.70. The highest BCUT2D eigenvalue weighted by Gasteiger charge is 1.97. The molecular weight excluding hydrogens is 128 g/mol. The summed E-state index contributed by atoms with van der Waals surface area (Å²) in [6.45, 7) is 7.45. The van der Waals surface area contributed by atoms with Crippen LogP contribution in [0.2, 0.25) is 0 Å². The Morgan fingerprint density at radius 1 is 0.900 bits per heavy atom. The van der Waals surface area contributed by atoms with E-state index in [9.17, 15) is 0 Å². The lowest BCUT2D eigenvalue weighted by atomic mass is 10.5. The molecule has 0 radical (unpaired) electrons. The molecule has 4 N–H and O–H groups in total. The van der Waals surface area contributed by atoms with Crippen molar-refractivity contribution in [2.45, 2.75) is 13.8 Å². The molecule has 0 aliphatic rings. The van der Waals surface area contributed by atoms with Crippen LogP contribution in [-0.4, -0.2) is 36.2 Å². The van der Waals surface area contributed by atoms with Gasteiger partial charge in [-0.05, 0) is 0 Å². The quantitative estimate of drug-likeness (QED) is 0.401. The van der Waals surface area contributed by atoms with Gasteiger partial charge in [0, 0.05) is 26.2 Å². The van der Waals surface area contributed by atoms with Crippen molar-refractivity contribution < 1.29 is 0 Å². The Morgan fingerprint density at radius 2 is 1.20 bits per heavy atom. The van der Waals surface area contributed by atoms with Gasteiger partial charge in [0.25, 0.3) is 0 Å². The van der Waals surface area contributed by atoms with Crippen molar-refractivity contribution in [3.63, 3.8) is 0 Å². The highest BCUT2D eigenvalue weighted by atomic mass is 15.4. The van der Waals surface area contributed by atoms with E-state index in [1.807, 2.05) is 13.8 Å². The lowest BCUT2D eigenvalue weighted by Crippen LogP contribution is -2.41. The number of rotatable bonds is 5. The molecule has 0 fully saturated rings. The molecule has 62 valence electrons. The standard InChI is InChI=1S/C6H18N4/c1-3-9(7)5-6-10(8)4-2/h3-8H2,1-2H3. The van der Waals surface area contributed by atoms with Crippen LogP contribution in [-0.2, 0) is 0 Å². The summed E-state index contributed by atoms with van der Waals surface area (Å²) in [4.78, 5) is 0. The van der Waals surface area contributed by atoms with Crippen molar-refractivity contribution in [3.05, 3.63) is 0 Å². The van der Waals surface area contributed by atoms with Crippen LogP contribution < -0.4 is 11.7 Å². The summed E-state index contributed by atoms with van der Waals surface area (Å²) in [5.41, 5.74) is 0. The molecule has 0 saturated carbocycles. The number of hydrogen-bond acceptors (Lipinski definition) is 4. The van der Waals surface area contributed by atoms with Crippen molar-refractivity contribution in [1.82, 2.24) is 10.0 Å². The number of nitrogens with zero attached hydrogens (tertiary/aromatic N) is 2. The molecule has 0 aromatic rings. The monoisotopic (exact) mass is 146 g/mol. The third kappa shape index (κ3) is 4.69. The first kappa shape index (κ1) is 9.84. The molecule has 4 heteroatoms. The van der Waals surface area contributed by atoms with Crippen LogP contribution >= 0.6 is 0 Å². The van der Waals surface area contributed by atoms with Gasteiger partial charge in [-0.3, -0.25) is 11.7 Å². The van der Waals surface area contributed by atoms with Gasteiger partial charge in [0.05, 0.1) is 0 Å². The predicted octanol–water partition coefficient (Wildman–Crippen LogP) is -0.622. The Bertz CT molecular complexity index is 66.1. The highest BCUT2D eigenvalue weighted by molar-refractivity contribution is 4.49. The number of nitrogens with two attached hydrogens (primary N) is 2. The normalized spacial score (nSPS) is 11.4. The van der Waals surface area contributed by atoms with E-state index in [4.69, 9.17) is 11.7 Å². The fraction of sp³-hybridized carbons (Fsp3) is 1.00. The zero-order valence-corrected chi connectivity index (χ0v) is 6.88. The van der Waals surface area contributed by atoms with Crippen LogP contribution in [0.5, 0.6) is 0 Å². The van der Waals surface area contributed by atoms with Crippen LogP contribution in [0, 0.1) is 0 Å². The molecule has 0 aliphatic carbocycles. The zero-order chi connectivity index (χ0) is 7.98. The largest absolute Gasteiger partial charge is 0.269 e. The Balaban J connectivity index is 3.17. The molecule has 0 amide bonds. The highest BCUT2D eigenvalue weighted by Crippen LogP contribution is 1.79. The third-order valence-electron chi connectivity index (χ3n) is 1.49. The van der Waals surface area contributed by atoms with Crippen molar-refractivity contribution in [2.24, 2.45) is 11.7 Å². The van der Waals surface area contributed by atoms with E-state index in [-0.39, 0.29) is 0 Å². The summed E-state index contributed by atoms with van der Waals surface area (Å²) in [6, 6.07) is 0. The molecule has 0 spiro atoms. The van der Waals surface area contributed by atoms with Gasteiger partial charge in [-0.1, -0.05) is 13.8 Å². The minimum Gasteiger partial charge on any atom is -0.269 e. The Labute approximate surface area is 62.7 Å². The maximum atomic E-state index is 5.53. The maximum absolute atomic E-state index is 5.53. The van der Waals surface area contributed by atoms with E-state index in [1.54, 1.807) is 10.0 Å². The fourth-order valence-electron chi connectivity index (χ4n) is 0.573. The average Bonchev–Trinajstić information content (AvgIpc) is 1.99. The summed E-state index contributed by atoms with van der Waals surface area (Å²) in [5, 5.41) is 3.49. The summed E-state index contributed by atoms with van der Waals surface area (Å²) in [6.07, 6.45) is 0. The summed E-state index contributed by atoms with van der Waals surface area (Å²) < 4.78 is 0. The molecule has 0 atom stereocenters. The van der Waals surface area contributed by atoms with Gasteiger partial charge < -0.3 is 0 Å². The molecular formula is C6H18N4. The van der Waals surface area contributed by atoms with Crippen molar-refractivity contribution >= 4 is 0 Å². The predicted molar refractivity (Wildman–Crippen MR) is 42.9 cm³/mol. The lowest BCUT2D eigenvalue weighted by molar-refractivity contribution is 0.221. The molecule has 0 saturated heterocycles. The Morgan fingerprint density at radius 3 is 1.40 bits per heavy atom. The SMILES string of the molecule is CCN(N)CCN(N)CC. The third-order valence-corrected chi connectivity index (χ3v) is 1.49. The second kappa shape index (κ2) is 5.61. The van der Waals surface area contributed by atoms with E-state index in [0.29, 0.717) is 0 Å². The molecule has 4 nitrogen and oxygen atoms in total. The number of hydrazine groups is 2. The van der Waals surface area contributed by atoms with E-state index < -0.39 is 0 Å². The van der Waals surface area contributed by atoms with Crippen molar-refractivity contribution in [2.75, 3.05) is 26.2 Å². The van der Waals surface area contributed by atoms with E-state index >= 15 is 0 Å². The van der Waals surface area contributed by atoms with Gasteiger partial charge >= 0.3 is 0 Å². The van der Waals surface area contributed by atoms with Crippen LogP contribution in [0.3, 0.4) is 0 Å². The molecule has 0 aromatic carbocycles. The van der Waals surface area contributed by atoms with Crippen LogP contribution in [0.15, 0.2) is 0 Å². The second-order valence-electron chi connectivity index (χ2n) is 2.26. The van der Waals surface area contributed by atoms with Crippen LogP contribution in [0.4, 0.5) is 0 Å². The summed E-state index contributed by atoms with van der Waals surface area (Å²) >= 11 is 0. The Kier molecular flexibility index (Phi) is 5.52. The minimum absolute atomic E-state index is 0.834. The molecule has 0 rings (SSSR count). The molecule has 0 unspecified atom stereocenters. The first-order valence-electron chi connectivity index (χ1n) is 3.70. The van der Waals surface area contributed by atoms with Gasteiger partial charge in [0.2, 0.25) is 0 Å². The van der Waals surface area contributed by atoms with Gasteiger partial charge in [-0.2, -0.15) is 0 Å². The average molecular weight is 146 g/mol. The smallest absolute Gasteiger partial charge is 0.0270 e. The maximum Gasteiger partial charge on any atom is 0.0270 e.